The summed E-state index contributed by atoms with van der Waals surface area (Å²) in [5.74, 6) is -0.107. The van der Waals surface area contributed by atoms with Gasteiger partial charge in [-0.05, 0) is 18.9 Å². The van der Waals surface area contributed by atoms with Crippen LogP contribution in [0.1, 0.15) is 43.0 Å². The molecular weight excluding hydrogens is 206 g/mol. The van der Waals surface area contributed by atoms with Gasteiger partial charge in [-0.15, -0.1) is 0 Å². The Morgan fingerprint density at radius 2 is 2.19 bits per heavy atom. The third-order valence-corrected chi connectivity index (χ3v) is 2.20. The van der Waals surface area contributed by atoms with E-state index in [4.69, 9.17) is 4.74 Å². The van der Waals surface area contributed by atoms with Gasteiger partial charge in [0.2, 0.25) is 0 Å². The van der Waals surface area contributed by atoms with Gasteiger partial charge >= 0.3 is 5.97 Å². The number of rotatable bonds is 7. The van der Waals surface area contributed by atoms with Gasteiger partial charge in [-0.3, -0.25) is 4.79 Å². The number of esters is 1. The van der Waals surface area contributed by atoms with Crippen LogP contribution in [0.5, 0.6) is 0 Å². The predicted octanol–water partition coefficient (Wildman–Crippen LogP) is 2.32. The highest BCUT2D eigenvalue weighted by Gasteiger charge is 2.07. The summed E-state index contributed by atoms with van der Waals surface area (Å²) >= 11 is 0. The zero-order valence-corrected chi connectivity index (χ0v) is 9.49. The van der Waals surface area contributed by atoms with Gasteiger partial charge in [0.25, 0.3) is 0 Å². The molecule has 16 heavy (non-hydrogen) atoms. The molecule has 0 atom stereocenters. The summed E-state index contributed by atoms with van der Waals surface area (Å²) < 4.78 is 5.00. The largest absolute Gasteiger partial charge is 0.462 e. The second-order valence-electron chi connectivity index (χ2n) is 3.63. The molecule has 0 aliphatic rings. The maximum atomic E-state index is 11.3. The second-order valence-corrected chi connectivity index (χ2v) is 3.63. The molecule has 0 saturated heterocycles. The maximum absolute atomic E-state index is 11.3. The van der Waals surface area contributed by atoms with Gasteiger partial charge in [0.05, 0.1) is 12.2 Å². The monoisotopic (exact) mass is 223 g/mol. The number of hydrogen-bond acceptors (Lipinski definition) is 3. The number of ketones is 1. The number of H-pyrrole nitrogens is 1. The topological polar surface area (TPSA) is 59.2 Å². The lowest BCUT2D eigenvalue weighted by Crippen LogP contribution is -2.07. The van der Waals surface area contributed by atoms with E-state index in [2.05, 4.69) is 4.98 Å². The van der Waals surface area contributed by atoms with Crippen molar-refractivity contribution in [1.29, 1.82) is 0 Å². The van der Waals surface area contributed by atoms with E-state index in [1.54, 1.807) is 18.5 Å². The van der Waals surface area contributed by atoms with Crippen LogP contribution in [0.15, 0.2) is 18.5 Å². The molecule has 1 aromatic heterocycles. The summed E-state index contributed by atoms with van der Waals surface area (Å²) in [6.45, 7) is 2.28. The van der Waals surface area contributed by atoms with E-state index in [9.17, 15) is 9.59 Å². The Hall–Kier alpha value is -1.58. The first-order valence-corrected chi connectivity index (χ1v) is 5.55. The van der Waals surface area contributed by atoms with Gasteiger partial charge in [-0.2, -0.15) is 0 Å². The fourth-order valence-electron chi connectivity index (χ4n) is 1.37. The van der Waals surface area contributed by atoms with Gasteiger partial charge in [-0.25, -0.2) is 4.79 Å². The van der Waals surface area contributed by atoms with Gasteiger partial charge in [-0.1, -0.05) is 6.92 Å². The molecule has 1 N–H and O–H groups in total. The van der Waals surface area contributed by atoms with Crippen LogP contribution >= 0.6 is 0 Å². The average Bonchev–Trinajstić information content (AvgIpc) is 2.78. The summed E-state index contributed by atoms with van der Waals surface area (Å²) in [5.41, 5.74) is 0.514. The van der Waals surface area contributed by atoms with Gasteiger partial charge in [0, 0.05) is 25.2 Å². The van der Waals surface area contributed by atoms with E-state index >= 15 is 0 Å². The third kappa shape index (κ3) is 4.29. The quantitative estimate of drug-likeness (QED) is 0.570. The van der Waals surface area contributed by atoms with Crippen LogP contribution in [0.4, 0.5) is 0 Å². The molecule has 0 radical (unpaired) electrons. The van der Waals surface area contributed by atoms with Crippen molar-refractivity contribution < 1.29 is 14.3 Å². The lowest BCUT2D eigenvalue weighted by atomic mass is 10.1. The van der Waals surface area contributed by atoms with Crippen LogP contribution in [0.25, 0.3) is 0 Å². The molecule has 0 aliphatic heterocycles. The fourth-order valence-corrected chi connectivity index (χ4v) is 1.37. The van der Waals surface area contributed by atoms with Crippen molar-refractivity contribution >= 4 is 11.8 Å². The minimum absolute atomic E-state index is 0.236. The maximum Gasteiger partial charge on any atom is 0.339 e. The molecule has 0 spiro atoms. The van der Waals surface area contributed by atoms with Gasteiger partial charge in [0.15, 0.2) is 0 Å². The Morgan fingerprint density at radius 1 is 1.38 bits per heavy atom. The first kappa shape index (κ1) is 12.5. The van der Waals surface area contributed by atoms with Crippen molar-refractivity contribution in [3.8, 4) is 0 Å². The highest BCUT2D eigenvalue weighted by atomic mass is 16.5. The number of aromatic nitrogens is 1. The number of Topliss-reactive ketones (excluding diaryl/α,β-unsaturated/α-hetero) is 1. The van der Waals surface area contributed by atoms with Crippen molar-refractivity contribution in [2.75, 3.05) is 6.61 Å². The van der Waals surface area contributed by atoms with Crippen LogP contribution in [0.2, 0.25) is 0 Å². The van der Waals surface area contributed by atoms with E-state index in [-0.39, 0.29) is 11.8 Å². The number of carbonyl (C=O) groups is 2. The molecule has 1 heterocycles. The average molecular weight is 223 g/mol. The first-order valence-electron chi connectivity index (χ1n) is 5.55. The molecular formula is C12H17NO3. The summed E-state index contributed by atoms with van der Waals surface area (Å²) in [4.78, 5) is 25.3. The van der Waals surface area contributed by atoms with E-state index < -0.39 is 0 Å². The van der Waals surface area contributed by atoms with Crippen LogP contribution in [0, 0.1) is 0 Å². The Bertz CT molecular complexity index is 330. The van der Waals surface area contributed by atoms with Crippen LogP contribution in [-0.4, -0.2) is 23.3 Å². The lowest BCUT2D eigenvalue weighted by molar-refractivity contribution is -0.119. The van der Waals surface area contributed by atoms with Crippen molar-refractivity contribution in [3.05, 3.63) is 24.0 Å². The summed E-state index contributed by atoms with van der Waals surface area (Å²) in [6.07, 6.45) is 5.85. The highest BCUT2D eigenvalue weighted by molar-refractivity contribution is 5.89. The molecule has 1 aromatic rings. The smallest absolute Gasteiger partial charge is 0.339 e. The van der Waals surface area contributed by atoms with Crippen molar-refractivity contribution in [2.24, 2.45) is 0 Å². The van der Waals surface area contributed by atoms with Crippen LogP contribution in [-0.2, 0) is 9.53 Å². The summed E-state index contributed by atoms with van der Waals surface area (Å²) in [7, 11) is 0. The highest BCUT2D eigenvalue weighted by Crippen LogP contribution is 2.02. The van der Waals surface area contributed by atoms with E-state index in [1.807, 2.05) is 6.92 Å². The zero-order chi connectivity index (χ0) is 11.8. The van der Waals surface area contributed by atoms with Crippen molar-refractivity contribution in [3.63, 3.8) is 0 Å². The molecule has 0 bridgehead atoms. The van der Waals surface area contributed by atoms with E-state index in [0.29, 0.717) is 31.4 Å². The number of aromatic amines is 1. The van der Waals surface area contributed by atoms with Gasteiger partial charge < -0.3 is 9.72 Å². The Kier molecular flexibility index (Phi) is 5.32. The van der Waals surface area contributed by atoms with Gasteiger partial charge in [0.1, 0.15) is 5.78 Å². The molecule has 0 fully saturated rings. The third-order valence-electron chi connectivity index (χ3n) is 2.20. The van der Waals surface area contributed by atoms with E-state index in [0.717, 1.165) is 6.42 Å². The molecule has 88 valence electrons. The lowest BCUT2D eigenvalue weighted by Gasteiger charge is -2.02. The molecule has 0 aromatic carbocycles. The molecule has 0 unspecified atom stereocenters. The fraction of sp³-hybridized carbons (Fsp3) is 0.500. The number of ether oxygens (including phenoxy) is 1. The predicted molar refractivity (Wildman–Crippen MR) is 60.2 cm³/mol. The second kappa shape index (κ2) is 6.82. The minimum atomic E-state index is -0.343. The van der Waals surface area contributed by atoms with Crippen LogP contribution < -0.4 is 0 Å². The van der Waals surface area contributed by atoms with Crippen molar-refractivity contribution in [2.45, 2.75) is 32.6 Å². The molecule has 4 heteroatoms. The number of hydrogen-bond donors (Lipinski definition) is 1. The molecule has 1 rings (SSSR count). The minimum Gasteiger partial charge on any atom is -0.462 e. The summed E-state index contributed by atoms with van der Waals surface area (Å²) in [5, 5.41) is 0. The Labute approximate surface area is 95.0 Å². The van der Waals surface area contributed by atoms with Crippen LogP contribution in [0.3, 0.4) is 0 Å². The molecule has 4 nitrogen and oxygen atoms in total. The molecule has 0 aliphatic carbocycles. The Morgan fingerprint density at radius 3 is 2.81 bits per heavy atom. The van der Waals surface area contributed by atoms with E-state index in [1.165, 1.54) is 0 Å². The SMILES string of the molecule is CCCC(=O)CCCOC(=O)c1cc[nH]c1. The Balaban J connectivity index is 2.12. The zero-order valence-electron chi connectivity index (χ0n) is 9.49. The molecule has 0 amide bonds. The standard InChI is InChI=1S/C12H17NO3/c1-2-4-11(14)5-3-8-16-12(15)10-6-7-13-9-10/h6-7,9,13H,2-5,8H2,1H3. The summed E-state index contributed by atoms with van der Waals surface area (Å²) in [6, 6.07) is 1.66. The number of nitrogens with one attached hydrogen (secondary N) is 1. The molecule has 0 saturated carbocycles. The normalized spacial score (nSPS) is 10.1. The number of carbonyl (C=O) groups excluding carboxylic acids is 2. The first-order chi connectivity index (χ1) is 7.74. The van der Waals surface area contributed by atoms with Crippen molar-refractivity contribution in [1.82, 2.24) is 4.98 Å².